The average molecular weight is 202 g/mol. The van der Waals surface area contributed by atoms with Crippen molar-refractivity contribution in [3.8, 4) is 5.75 Å². The van der Waals surface area contributed by atoms with Crippen molar-refractivity contribution in [3.05, 3.63) is 42.0 Å². The maximum Gasteiger partial charge on any atom is 0.158 e. The van der Waals surface area contributed by atoms with Gasteiger partial charge in [0.1, 0.15) is 5.75 Å². The lowest BCUT2D eigenvalue weighted by Crippen LogP contribution is -2.06. The van der Waals surface area contributed by atoms with E-state index >= 15 is 0 Å². The molecule has 0 bridgehead atoms. The summed E-state index contributed by atoms with van der Waals surface area (Å²) in [5, 5.41) is 0. The molecule has 1 aromatic carbocycles. The first-order valence-electron chi connectivity index (χ1n) is 5.26. The molecule has 15 heavy (non-hydrogen) atoms. The fourth-order valence-corrected chi connectivity index (χ4v) is 1.65. The highest BCUT2D eigenvalue weighted by Crippen LogP contribution is 2.20. The quantitative estimate of drug-likeness (QED) is 0.646. The van der Waals surface area contributed by atoms with Crippen LogP contribution in [0, 0.1) is 0 Å². The number of hydrogen-bond donors (Lipinski definition) is 0. The second kappa shape index (κ2) is 4.78. The van der Waals surface area contributed by atoms with Gasteiger partial charge >= 0.3 is 0 Å². The third-order valence-electron chi connectivity index (χ3n) is 2.46. The predicted octanol–water partition coefficient (Wildman–Crippen LogP) is 2.53. The molecule has 0 saturated carbocycles. The number of aryl methyl sites for hydroxylation is 1. The SMILES string of the molecule is O=C1/C=C/CCc2ccccc2OCC1. The number of allylic oxidation sites excluding steroid dienone is 2. The minimum absolute atomic E-state index is 0.148. The van der Waals surface area contributed by atoms with Gasteiger partial charge in [-0.15, -0.1) is 0 Å². The minimum Gasteiger partial charge on any atom is -0.493 e. The number of carbonyl (C=O) groups is 1. The number of ether oxygens (including phenoxy) is 1. The van der Waals surface area contributed by atoms with Crippen LogP contribution in [0.2, 0.25) is 0 Å². The largest absolute Gasteiger partial charge is 0.493 e. The summed E-state index contributed by atoms with van der Waals surface area (Å²) in [6.45, 7) is 0.472. The smallest absolute Gasteiger partial charge is 0.158 e. The van der Waals surface area contributed by atoms with Crippen LogP contribution in [0.15, 0.2) is 36.4 Å². The van der Waals surface area contributed by atoms with Crippen molar-refractivity contribution in [2.45, 2.75) is 19.3 Å². The molecule has 0 radical (unpaired) electrons. The zero-order valence-electron chi connectivity index (χ0n) is 8.61. The van der Waals surface area contributed by atoms with E-state index in [4.69, 9.17) is 4.74 Å². The lowest BCUT2D eigenvalue weighted by molar-refractivity contribution is -0.115. The number of fused-ring (bicyclic) bond motifs is 1. The molecule has 0 amide bonds. The van der Waals surface area contributed by atoms with Crippen molar-refractivity contribution in [1.29, 1.82) is 0 Å². The second-order valence-electron chi connectivity index (χ2n) is 3.61. The van der Waals surface area contributed by atoms with Gasteiger partial charge in [-0.05, 0) is 30.5 Å². The lowest BCUT2D eigenvalue weighted by Gasteiger charge is -2.11. The fourth-order valence-electron chi connectivity index (χ4n) is 1.65. The van der Waals surface area contributed by atoms with Crippen molar-refractivity contribution in [2.75, 3.05) is 6.61 Å². The summed E-state index contributed by atoms with van der Waals surface area (Å²) in [7, 11) is 0. The second-order valence-corrected chi connectivity index (χ2v) is 3.61. The van der Waals surface area contributed by atoms with E-state index in [9.17, 15) is 4.79 Å². The topological polar surface area (TPSA) is 26.3 Å². The molecular weight excluding hydrogens is 188 g/mol. The third kappa shape index (κ3) is 2.69. The van der Waals surface area contributed by atoms with Crippen LogP contribution in [0.25, 0.3) is 0 Å². The highest BCUT2D eigenvalue weighted by molar-refractivity contribution is 5.89. The summed E-state index contributed by atoms with van der Waals surface area (Å²) in [5.74, 6) is 1.06. The number of hydrogen-bond acceptors (Lipinski definition) is 2. The normalized spacial score (nSPS) is 18.8. The first kappa shape index (κ1) is 9.97. The van der Waals surface area contributed by atoms with E-state index in [1.54, 1.807) is 6.08 Å². The van der Waals surface area contributed by atoms with Gasteiger partial charge in [-0.1, -0.05) is 24.3 Å². The van der Waals surface area contributed by atoms with Crippen molar-refractivity contribution in [2.24, 2.45) is 0 Å². The number of carbonyl (C=O) groups excluding carboxylic acids is 1. The Bertz CT molecular complexity index is 380. The number of rotatable bonds is 0. The van der Waals surface area contributed by atoms with E-state index < -0.39 is 0 Å². The van der Waals surface area contributed by atoms with Gasteiger partial charge < -0.3 is 4.74 Å². The van der Waals surface area contributed by atoms with E-state index in [0.29, 0.717) is 13.0 Å². The molecule has 0 spiro atoms. The van der Waals surface area contributed by atoms with Gasteiger partial charge in [0, 0.05) is 6.42 Å². The van der Waals surface area contributed by atoms with Crippen molar-refractivity contribution in [1.82, 2.24) is 0 Å². The van der Waals surface area contributed by atoms with Gasteiger partial charge in [0.2, 0.25) is 0 Å². The van der Waals surface area contributed by atoms with Crippen molar-refractivity contribution in [3.63, 3.8) is 0 Å². The average Bonchev–Trinajstić information content (AvgIpc) is 2.26. The van der Waals surface area contributed by atoms with Gasteiger partial charge in [-0.3, -0.25) is 4.79 Å². The zero-order chi connectivity index (χ0) is 10.5. The van der Waals surface area contributed by atoms with Crippen LogP contribution in [-0.2, 0) is 11.2 Å². The first-order valence-corrected chi connectivity index (χ1v) is 5.26. The Morgan fingerprint density at radius 3 is 2.93 bits per heavy atom. The highest BCUT2D eigenvalue weighted by Gasteiger charge is 2.05. The molecule has 1 aliphatic heterocycles. The van der Waals surface area contributed by atoms with E-state index in [1.165, 1.54) is 5.56 Å². The van der Waals surface area contributed by atoms with Gasteiger partial charge in [-0.25, -0.2) is 0 Å². The molecule has 0 atom stereocenters. The van der Waals surface area contributed by atoms with Crippen LogP contribution in [0.5, 0.6) is 5.75 Å². The molecule has 0 fully saturated rings. The minimum atomic E-state index is 0.148. The van der Waals surface area contributed by atoms with Crippen LogP contribution in [-0.4, -0.2) is 12.4 Å². The van der Waals surface area contributed by atoms with Gasteiger partial charge in [0.05, 0.1) is 6.61 Å². The number of para-hydroxylation sites is 1. The van der Waals surface area contributed by atoms with Crippen LogP contribution < -0.4 is 4.74 Å². The van der Waals surface area contributed by atoms with Crippen molar-refractivity contribution >= 4 is 5.78 Å². The van der Waals surface area contributed by atoms with Crippen LogP contribution in [0.1, 0.15) is 18.4 Å². The zero-order valence-corrected chi connectivity index (χ0v) is 8.61. The summed E-state index contributed by atoms with van der Waals surface area (Å²) in [6.07, 6.45) is 5.90. The van der Waals surface area contributed by atoms with Crippen LogP contribution in [0.4, 0.5) is 0 Å². The maximum atomic E-state index is 11.2. The standard InChI is InChI=1S/C13H14O2/c14-12-7-3-1-5-11-6-2-4-8-13(11)15-10-9-12/h2-4,6-8H,1,5,9-10H2/b7-3+. The monoisotopic (exact) mass is 202 g/mol. The molecule has 2 heteroatoms. The molecule has 0 aliphatic carbocycles. The Balaban J connectivity index is 2.18. The first-order chi connectivity index (χ1) is 7.36. The van der Waals surface area contributed by atoms with Crippen LogP contribution in [0.3, 0.4) is 0 Å². The molecular formula is C13H14O2. The summed E-state index contributed by atoms with van der Waals surface area (Å²) in [4.78, 5) is 11.2. The van der Waals surface area contributed by atoms with Crippen molar-refractivity contribution < 1.29 is 9.53 Å². The number of ketones is 1. The number of benzene rings is 1. The Morgan fingerprint density at radius 2 is 2.00 bits per heavy atom. The Morgan fingerprint density at radius 1 is 1.13 bits per heavy atom. The Hall–Kier alpha value is -1.57. The Kier molecular flexibility index (Phi) is 3.18. The van der Waals surface area contributed by atoms with E-state index in [-0.39, 0.29) is 5.78 Å². The predicted molar refractivity (Wildman–Crippen MR) is 59.0 cm³/mol. The van der Waals surface area contributed by atoms with Gasteiger partial charge in [0.25, 0.3) is 0 Å². The summed E-state index contributed by atoms with van der Waals surface area (Å²) in [6, 6.07) is 8.02. The third-order valence-corrected chi connectivity index (χ3v) is 2.46. The lowest BCUT2D eigenvalue weighted by atomic mass is 10.1. The molecule has 2 rings (SSSR count). The molecule has 78 valence electrons. The van der Waals surface area contributed by atoms with Gasteiger partial charge in [0.15, 0.2) is 5.78 Å². The molecule has 0 N–H and O–H groups in total. The Labute approximate surface area is 89.6 Å². The molecule has 2 nitrogen and oxygen atoms in total. The molecule has 1 aromatic rings. The van der Waals surface area contributed by atoms with E-state index in [1.807, 2.05) is 24.3 Å². The highest BCUT2D eigenvalue weighted by atomic mass is 16.5. The van der Waals surface area contributed by atoms with Gasteiger partial charge in [-0.2, -0.15) is 0 Å². The molecule has 1 aliphatic rings. The molecule has 0 saturated heterocycles. The molecule has 0 aromatic heterocycles. The van der Waals surface area contributed by atoms with Crippen LogP contribution >= 0.6 is 0 Å². The summed E-state index contributed by atoms with van der Waals surface area (Å²) >= 11 is 0. The fraction of sp³-hybridized carbons (Fsp3) is 0.308. The summed E-state index contributed by atoms with van der Waals surface area (Å²) < 4.78 is 5.58. The van der Waals surface area contributed by atoms with E-state index in [0.717, 1.165) is 18.6 Å². The molecule has 0 unspecified atom stereocenters. The maximum absolute atomic E-state index is 11.2. The molecule has 1 heterocycles. The summed E-state index contributed by atoms with van der Waals surface area (Å²) in [5.41, 5.74) is 1.22. The van der Waals surface area contributed by atoms with E-state index in [2.05, 4.69) is 6.07 Å².